The molecule has 0 aliphatic heterocycles. The molecule has 2 aromatic heterocycles. The lowest BCUT2D eigenvalue weighted by Gasteiger charge is -2.15. The van der Waals surface area contributed by atoms with Crippen LogP contribution in [0.4, 0.5) is 0 Å². The monoisotopic (exact) mass is 358 g/mol. The van der Waals surface area contributed by atoms with Crippen LogP contribution in [0.3, 0.4) is 0 Å². The van der Waals surface area contributed by atoms with Gasteiger partial charge in [0.1, 0.15) is 16.9 Å². The summed E-state index contributed by atoms with van der Waals surface area (Å²) in [5.41, 5.74) is 3.49. The Morgan fingerprint density at radius 2 is 2.04 bits per heavy atom. The SMILES string of the molecule is Cc1cc(Oc2ncnc3sc4c(c23)CCC4)c(C(C)C)cc1Cl. The molecule has 0 saturated carbocycles. The van der Waals surface area contributed by atoms with Gasteiger partial charge in [-0.15, -0.1) is 11.3 Å². The highest BCUT2D eigenvalue weighted by Crippen LogP contribution is 2.42. The molecule has 0 fully saturated rings. The van der Waals surface area contributed by atoms with E-state index in [0.717, 1.165) is 45.0 Å². The minimum absolute atomic E-state index is 0.323. The Bertz CT molecular complexity index is 933. The first kappa shape index (κ1) is 15.9. The molecule has 4 rings (SSSR count). The Hall–Kier alpha value is -1.65. The van der Waals surface area contributed by atoms with E-state index in [4.69, 9.17) is 16.3 Å². The summed E-state index contributed by atoms with van der Waals surface area (Å²) < 4.78 is 6.30. The number of halogens is 1. The van der Waals surface area contributed by atoms with E-state index in [-0.39, 0.29) is 0 Å². The molecule has 2 heterocycles. The molecule has 1 aromatic carbocycles. The molecule has 0 radical (unpaired) electrons. The topological polar surface area (TPSA) is 35.0 Å². The van der Waals surface area contributed by atoms with Crippen molar-refractivity contribution in [2.45, 2.75) is 46.0 Å². The first-order chi connectivity index (χ1) is 11.5. The minimum Gasteiger partial charge on any atom is -0.438 e. The van der Waals surface area contributed by atoms with Crippen molar-refractivity contribution in [3.05, 3.63) is 45.1 Å². The van der Waals surface area contributed by atoms with Crippen LogP contribution in [0.2, 0.25) is 5.02 Å². The summed E-state index contributed by atoms with van der Waals surface area (Å²) in [5, 5.41) is 1.87. The fourth-order valence-electron chi connectivity index (χ4n) is 3.29. The molecule has 0 bridgehead atoms. The molecule has 24 heavy (non-hydrogen) atoms. The Kier molecular flexibility index (Phi) is 3.97. The number of thiophene rings is 1. The maximum Gasteiger partial charge on any atom is 0.231 e. The van der Waals surface area contributed by atoms with Gasteiger partial charge in [-0.05, 0) is 60.9 Å². The van der Waals surface area contributed by atoms with E-state index in [9.17, 15) is 0 Å². The smallest absolute Gasteiger partial charge is 0.231 e. The molecule has 0 N–H and O–H groups in total. The van der Waals surface area contributed by atoms with Gasteiger partial charge in [-0.25, -0.2) is 9.97 Å². The number of fused-ring (bicyclic) bond motifs is 3. The molecule has 0 saturated heterocycles. The molecule has 0 atom stereocenters. The highest BCUT2D eigenvalue weighted by Gasteiger charge is 2.23. The molecular formula is C19H19ClN2OS. The number of hydrogen-bond donors (Lipinski definition) is 0. The van der Waals surface area contributed by atoms with Crippen LogP contribution in [0.1, 0.15) is 47.8 Å². The normalized spacial score (nSPS) is 13.7. The number of hydrogen-bond acceptors (Lipinski definition) is 4. The lowest BCUT2D eigenvalue weighted by atomic mass is 10.0. The van der Waals surface area contributed by atoms with Crippen molar-refractivity contribution in [3.63, 3.8) is 0 Å². The van der Waals surface area contributed by atoms with Gasteiger partial charge in [0, 0.05) is 9.90 Å². The number of aryl methyl sites for hydroxylation is 3. The quantitative estimate of drug-likeness (QED) is 0.571. The number of nitrogens with zero attached hydrogens (tertiary/aromatic N) is 2. The van der Waals surface area contributed by atoms with Crippen molar-refractivity contribution >= 4 is 33.2 Å². The maximum atomic E-state index is 6.31. The van der Waals surface area contributed by atoms with Crippen LogP contribution in [0, 0.1) is 6.92 Å². The van der Waals surface area contributed by atoms with Crippen LogP contribution < -0.4 is 4.74 Å². The van der Waals surface area contributed by atoms with Gasteiger partial charge in [-0.3, -0.25) is 0 Å². The Morgan fingerprint density at radius 3 is 2.83 bits per heavy atom. The van der Waals surface area contributed by atoms with E-state index in [0.29, 0.717) is 11.8 Å². The third-order valence-corrected chi connectivity index (χ3v) is 6.19. The standard InChI is InChI=1S/C19H19ClN2OS/c1-10(2)13-8-14(20)11(3)7-15(13)23-18-17-12-5-4-6-16(12)24-19(17)22-9-21-18/h7-10H,4-6H2,1-3H3. The van der Waals surface area contributed by atoms with Crippen LogP contribution >= 0.6 is 22.9 Å². The zero-order chi connectivity index (χ0) is 16.8. The summed E-state index contributed by atoms with van der Waals surface area (Å²) >= 11 is 8.08. The number of ether oxygens (including phenoxy) is 1. The average molecular weight is 359 g/mol. The summed E-state index contributed by atoms with van der Waals surface area (Å²) in [5.74, 6) is 1.83. The largest absolute Gasteiger partial charge is 0.438 e. The molecule has 0 amide bonds. The predicted molar refractivity (Wildman–Crippen MR) is 99.8 cm³/mol. The van der Waals surface area contributed by atoms with Gasteiger partial charge >= 0.3 is 0 Å². The number of aromatic nitrogens is 2. The lowest BCUT2D eigenvalue weighted by Crippen LogP contribution is -1.98. The van der Waals surface area contributed by atoms with Crippen LogP contribution in [-0.2, 0) is 12.8 Å². The van der Waals surface area contributed by atoms with Crippen molar-refractivity contribution in [2.24, 2.45) is 0 Å². The fourth-order valence-corrected chi connectivity index (χ4v) is 4.68. The predicted octanol–water partition coefficient (Wildman–Crippen LogP) is 6.06. The average Bonchev–Trinajstić information content (AvgIpc) is 3.11. The van der Waals surface area contributed by atoms with Crippen molar-refractivity contribution in [1.29, 1.82) is 0 Å². The van der Waals surface area contributed by atoms with Crippen LogP contribution in [-0.4, -0.2) is 9.97 Å². The summed E-state index contributed by atoms with van der Waals surface area (Å²) in [6, 6.07) is 4.02. The summed E-state index contributed by atoms with van der Waals surface area (Å²) in [6.07, 6.45) is 5.05. The van der Waals surface area contributed by atoms with Gasteiger partial charge in [0.15, 0.2) is 0 Å². The highest BCUT2D eigenvalue weighted by atomic mass is 35.5. The van der Waals surface area contributed by atoms with Crippen LogP contribution in [0.5, 0.6) is 11.6 Å². The highest BCUT2D eigenvalue weighted by molar-refractivity contribution is 7.18. The fraction of sp³-hybridized carbons (Fsp3) is 0.368. The molecule has 3 nitrogen and oxygen atoms in total. The zero-order valence-electron chi connectivity index (χ0n) is 14.0. The van der Waals surface area contributed by atoms with Gasteiger partial charge in [0.05, 0.1) is 5.39 Å². The minimum atomic E-state index is 0.323. The van der Waals surface area contributed by atoms with Gasteiger partial charge in [-0.2, -0.15) is 0 Å². The van der Waals surface area contributed by atoms with Gasteiger partial charge in [-0.1, -0.05) is 25.4 Å². The van der Waals surface area contributed by atoms with Gasteiger partial charge in [0.2, 0.25) is 5.88 Å². The van der Waals surface area contributed by atoms with Crippen LogP contribution in [0.25, 0.3) is 10.2 Å². The zero-order valence-corrected chi connectivity index (χ0v) is 15.6. The van der Waals surface area contributed by atoms with E-state index in [1.165, 1.54) is 16.9 Å². The van der Waals surface area contributed by atoms with E-state index < -0.39 is 0 Å². The molecule has 0 unspecified atom stereocenters. The van der Waals surface area contributed by atoms with E-state index in [1.807, 2.05) is 19.1 Å². The summed E-state index contributed by atoms with van der Waals surface area (Å²) in [7, 11) is 0. The summed E-state index contributed by atoms with van der Waals surface area (Å²) in [6.45, 7) is 6.29. The van der Waals surface area contributed by atoms with Gasteiger partial charge < -0.3 is 4.74 Å². The van der Waals surface area contributed by atoms with Crippen molar-refractivity contribution in [3.8, 4) is 11.6 Å². The Balaban J connectivity index is 1.85. The Labute approximate surface area is 150 Å². The first-order valence-corrected chi connectivity index (χ1v) is 9.47. The second kappa shape index (κ2) is 6.01. The van der Waals surface area contributed by atoms with Crippen molar-refractivity contribution < 1.29 is 4.74 Å². The van der Waals surface area contributed by atoms with E-state index >= 15 is 0 Å². The van der Waals surface area contributed by atoms with Crippen molar-refractivity contribution in [2.75, 3.05) is 0 Å². The second-order valence-corrected chi connectivity index (χ2v) is 8.10. The van der Waals surface area contributed by atoms with Crippen molar-refractivity contribution in [1.82, 2.24) is 9.97 Å². The third-order valence-electron chi connectivity index (χ3n) is 4.59. The molecular weight excluding hydrogens is 340 g/mol. The molecule has 1 aliphatic carbocycles. The molecule has 0 spiro atoms. The van der Waals surface area contributed by atoms with Crippen LogP contribution in [0.15, 0.2) is 18.5 Å². The maximum absolute atomic E-state index is 6.31. The van der Waals surface area contributed by atoms with E-state index in [2.05, 4.69) is 23.8 Å². The molecule has 124 valence electrons. The first-order valence-electron chi connectivity index (χ1n) is 8.27. The summed E-state index contributed by atoms with van der Waals surface area (Å²) in [4.78, 5) is 11.4. The molecule has 5 heteroatoms. The van der Waals surface area contributed by atoms with Gasteiger partial charge in [0.25, 0.3) is 0 Å². The molecule has 1 aliphatic rings. The Morgan fingerprint density at radius 1 is 1.21 bits per heavy atom. The number of rotatable bonds is 3. The second-order valence-electron chi connectivity index (χ2n) is 6.61. The molecule has 3 aromatic rings. The third kappa shape index (κ3) is 2.58. The van der Waals surface area contributed by atoms with E-state index in [1.54, 1.807) is 17.7 Å². The lowest BCUT2D eigenvalue weighted by molar-refractivity contribution is 0.459. The number of benzene rings is 1.